The number of aromatic nitrogens is 1. The minimum Gasteiger partial charge on any atom is -0.277 e. The first-order chi connectivity index (χ1) is 5.25. The highest BCUT2D eigenvalue weighted by molar-refractivity contribution is 5.56. The van der Waals surface area contributed by atoms with Gasteiger partial charge >= 0.3 is 0 Å². The molecular formula is C7H8N2O2. The maximum atomic E-state index is 11.1. The van der Waals surface area contributed by atoms with E-state index in [-0.39, 0.29) is 5.56 Å². The lowest BCUT2D eigenvalue weighted by Crippen LogP contribution is -2.28. The number of hydrogen-bond donors (Lipinski definition) is 1. The second-order valence-corrected chi connectivity index (χ2v) is 2.11. The molecule has 0 aliphatic carbocycles. The molecule has 1 heterocycles. The molecule has 0 aliphatic rings. The Morgan fingerprint density at radius 2 is 2.36 bits per heavy atom. The van der Waals surface area contributed by atoms with Gasteiger partial charge in [0.05, 0.1) is 0 Å². The van der Waals surface area contributed by atoms with E-state index in [0.717, 1.165) is 4.68 Å². The van der Waals surface area contributed by atoms with E-state index in [1.165, 1.54) is 6.20 Å². The summed E-state index contributed by atoms with van der Waals surface area (Å²) in [6.45, 7) is 1.69. The van der Waals surface area contributed by atoms with Gasteiger partial charge in [-0.15, -0.1) is 0 Å². The largest absolute Gasteiger partial charge is 0.277 e. The fraction of sp³-hybridized carbons (Fsp3) is 0.143. The van der Waals surface area contributed by atoms with Crippen LogP contribution in [0.2, 0.25) is 0 Å². The van der Waals surface area contributed by atoms with Crippen molar-refractivity contribution in [2.24, 2.45) is 0 Å². The van der Waals surface area contributed by atoms with Crippen LogP contribution in [0.1, 0.15) is 5.56 Å². The molecule has 58 valence electrons. The summed E-state index contributed by atoms with van der Waals surface area (Å²) in [6, 6.07) is 3.37. The first kappa shape index (κ1) is 7.53. The summed E-state index contributed by atoms with van der Waals surface area (Å²) in [4.78, 5) is 21.1. The van der Waals surface area contributed by atoms with E-state index in [1.54, 1.807) is 19.1 Å². The average Bonchev–Trinajstić information content (AvgIpc) is 1.99. The van der Waals surface area contributed by atoms with Gasteiger partial charge < -0.3 is 0 Å². The molecule has 0 aliphatic heterocycles. The molecule has 0 fully saturated rings. The number of nitrogens with one attached hydrogen (secondary N) is 1. The summed E-state index contributed by atoms with van der Waals surface area (Å²) in [5, 5.41) is 0. The summed E-state index contributed by atoms with van der Waals surface area (Å²) in [5.41, 5.74) is 2.63. The van der Waals surface area contributed by atoms with E-state index in [4.69, 9.17) is 0 Å². The molecule has 0 aromatic carbocycles. The lowest BCUT2D eigenvalue weighted by Gasteiger charge is -2.01. The van der Waals surface area contributed by atoms with Crippen molar-refractivity contribution in [1.82, 2.24) is 4.68 Å². The lowest BCUT2D eigenvalue weighted by molar-refractivity contribution is -0.106. The molecule has 11 heavy (non-hydrogen) atoms. The van der Waals surface area contributed by atoms with Crippen molar-refractivity contribution in [3.05, 3.63) is 34.2 Å². The van der Waals surface area contributed by atoms with Crippen LogP contribution in [0.5, 0.6) is 0 Å². The zero-order chi connectivity index (χ0) is 8.27. The summed E-state index contributed by atoms with van der Waals surface area (Å²) in [7, 11) is 0. The molecule has 4 nitrogen and oxygen atoms in total. The molecule has 1 aromatic rings. The van der Waals surface area contributed by atoms with Crippen LogP contribution in [0.25, 0.3) is 0 Å². The van der Waals surface area contributed by atoms with Crippen LogP contribution in [0.3, 0.4) is 0 Å². The Balaban J connectivity index is 3.16. The van der Waals surface area contributed by atoms with Gasteiger partial charge in [0.1, 0.15) is 0 Å². The Hall–Kier alpha value is -1.58. The number of carbonyl (C=O) groups is 1. The first-order valence-corrected chi connectivity index (χ1v) is 3.14. The van der Waals surface area contributed by atoms with Gasteiger partial charge in [-0.05, 0) is 13.0 Å². The minimum atomic E-state index is -0.209. The zero-order valence-electron chi connectivity index (χ0n) is 6.07. The molecule has 1 N–H and O–H groups in total. The molecule has 0 unspecified atom stereocenters. The van der Waals surface area contributed by atoms with Crippen molar-refractivity contribution in [3.8, 4) is 0 Å². The van der Waals surface area contributed by atoms with Crippen LogP contribution in [-0.2, 0) is 4.79 Å². The van der Waals surface area contributed by atoms with Gasteiger partial charge in [0.15, 0.2) is 0 Å². The predicted octanol–water partition coefficient (Wildman–Crippen LogP) is -0.143. The summed E-state index contributed by atoms with van der Waals surface area (Å²) in [6.07, 6.45) is 1.95. The van der Waals surface area contributed by atoms with Crippen molar-refractivity contribution in [2.45, 2.75) is 6.92 Å². The van der Waals surface area contributed by atoms with Gasteiger partial charge in [-0.25, -0.2) is 4.68 Å². The molecule has 0 spiro atoms. The second-order valence-electron chi connectivity index (χ2n) is 2.11. The third kappa shape index (κ3) is 1.46. The van der Waals surface area contributed by atoms with Crippen molar-refractivity contribution in [1.29, 1.82) is 0 Å². The monoisotopic (exact) mass is 152 g/mol. The molecule has 0 bridgehead atoms. The number of pyridine rings is 1. The highest BCUT2D eigenvalue weighted by Gasteiger charge is 1.94. The third-order valence-corrected chi connectivity index (χ3v) is 1.33. The van der Waals surface area contributed by atoms with E-state index in [9.17, 15) is 9.59 Å². The Labute approximate surface area is 63.4 Å². The Morgan fingerprint density at radius 1 is 1.64 bits per heavy atom. The standard InChI is InChI=1S/C7H8N2O2/c1-6-3-2-4-9(7(6)11)8-5-10/h2-5H,1H3,(H,8,10). The van der Waals surface area contributed by atoms with E-state index in [1.807, 2.05) is 0 Å². The van der Waals surface area contributed by atoms with Crippen molar-refractivity contribution in [3.63, 3.8) is 0 Å². The van der Waals surface area contributed by atoms with Crippen LogP contribution < -0.4 is 11.0 Å². The number of aryl methyl sites for hydroxylation is 1. The van der Waals surface area contributed by atoms with E-state index >= 15 is 0 Å². The number of nitrogens with zero attached hydrogens (tertiary/aromatic N) is 1. The van der Waals surface area contributed by atoms with Crippen LogP contribution in [0.4, 0.5) is 0 Å². The van der Waals surface area contributed by atoms with Gasteiger partial charge in [-0.1, -0.05) is 6.07 Å². The zero-order valence-corrected chi connectivity index (χ0v) is 6.07. The summed E-state index contributed by atoms with van der Waals surface area (Å²) >= 11 is 0. The molecule has 1 rings (SSSR count). The molecule has 0 saturated heterocycles. The highest BCUT2D eigenvalue weighted by atomic mass is 16.2. The normalized spacial score (nSPS) is 9.18. The van der Waals surface area contributed by atoms with Crippen LogP contribution in [-0.4, -0.2) is 11.1 Å². The molecule has 0 saturated carbocycles. The van der Waals surface area contributed by atoms with Gasteiger partial charge in [-0.2, -0.15) is 0 Å². The van der Waals surface area contributed by atoms with Gasteiger partial charge in [0.2, 0.25) is 6.41 Å². The molecule has 1 amide bonds. The quantitative estimate of drug-likeness (QED) is 0.599. The van der Waals surface area contributed by atoms with Crippen molar-refractivity contribution < 1.29 is 4.79 Å². The fourth-order valence-electron chi connectivity index (χ4n) is 0.761. The molecule has 4 heteroatoms. The maximum Gasteiger partial charge on any atom is 0.272 e. The predicted molar refractivity (Wildman–Crippen MR) is 40.9 cm³/mol. The first-order valence-electron chi connectivity index (χ1n) is 3.14. The third-order valence-electron chi connectivity index (χ3n) is 1.33. The molecule has 0 radical (unpaired) electrons. The summed E-state index contributed by atoms with van der Waals surface area (Å²) < 4.78 is 1.13. The Morgan fingerprint density at radius 3 is 3.00 bits per heavy atom. The van der Waals surface area contributed by atoms with Crippen molar-refractivity contribution in [2.75, 3.05) is 5.43 Å². The lowest BCUT2D eigenvalue weighted by atomic mass is 10.3. The summed E-state index contributed by atoms with van der Waals surface area (Å²) in [5.74, 6) is 0. The fourth-order valence-corrected chi connectivity index (χ4v) is 0.761. The SMILES string of the molecule is Cc1cccn(NC=O)c1=O. The molecule has 1 aromatic heterocycles. The number of hydrogen-bond acceptors (Lipinski definition) is 2. The Bertz CT molecular complexity index is 316. The number of amides is 1. The maximum absolute atomic E-state index is 11.1. The molecule has 0 atom stereocenters. The molecular weight excluding hydrogens is 144 g/mol. The van der Waals surface area contributed by atoms with Crippen LogP contribution >= 0.6 is 0 Å². The highest BCUT2D eigenvalue weighted by Crippen LogP contribution is 1.85. The van der Waals surface area contributed by atoms with Crippen LogP contribution in [0, 0.1) is 6.92 Å². The number of rotatable bonds is 2. The van der Waals surface area contributed by atoms with Crippen LogP contribution in [0.15, 0.2) is 23.1 Å². The van der Waals surface area contributed by atoms with Gasteiger partial charge in [0.25, 0.3) is 5.56 Å². The van der Waals surface area contributed by atoms with E-state index in [2.05, 4.69) is 5.43 Å². The van der Waals surface area contributed by atoms with Gasteiger partial charge in [0, 0.05) is 11.8 Å². The topological polar surface area (TPSA) is 51.1 Å². The van der Waals surface area contributed by atoms with E-state index in [0.29, 0.717) is 12.0 Å². The number of carbonyl (C=O) groups excluding carboxylic acids is 1. The second kappa shape index (κ2) is 3.01. The average molecular weight is 152 g/mol. The van der Waals surface area contributed by atoms with E-state index < -0.39 is 0 Å². The van der Waals surface area contributed by atoms with Gasteiger partial charge in [-0.3, -0.25) is 15.0 Å². The minimum absolute atomic E-state index is 0.209. The smallest absolute Gasteiger partial charge is 0.272 e. The Kier molecular flexibility index (Phi) is 2.06. The van der Waals surface area contributed by atoms with Crippen molar-refractivity contribution >= 4 is 6.41 Å².